The Kier molecular flexibility index (Phi) is 18.4. The summed E-state index contributed by atoms with van der Waals surface area (Å²) < 4.78 is 31.7. The zero-order valence-corrected chi connectivity index (χ0v) is 30.4. The molecular weight excluding hydrogens is 565 g/mol. The summed E-state index contributed by atoms with van der Waals surface area (Å²) in [5.41, 5.74) is 2.49. The average Bonchev–Trinajstić information content (AvgIpc) is 2.88. The fourth-order valence-corrected chi connectivity index (χ4v) is 10.4. The summed E-state index contributed by atoms with van der Waals surface area (Å²) >= 11 is 0. The molecule has 42 heavy (non-hydrogen) atoms. The van der Waals surface area contributed by atoms with Crippen molar-refractivity contribution in [2.24, 2.45) is 21.8 Å². The molecular formula is C31H64N4O5Si2. The number of nitrogens with zero attached hydrogens (tertiary/aromatic N) is 4. The van der Waals surface area contributed by atoms with Crippen LogP contribution in [0, 0.1) is 11.8 Å². The van der Waals surface area contributed by atoms with Crippen LogP contribution >= 0.6 is 0 Å². The molecule has 0 N–H and O–H groups in total. The second kappa shape index (κ2) is 20.5. The Morgan fingerprint density at radius 1 is 0.714 bits per heavy atom. The van der Waals surface area contributed by atoms with Crippen molar-refractivity contribution in [3.05, 3.63) is 0 Å². The standard InChI is InChI=1S/C31H64N4O5Si2/c1-9-36-42(25-11-13-33-31(7)27-29(4)5)39-22-18-35(19-23-40-42)15-14-34-16-20-37-41(8,38-21-17-34)24-10-12-32-30(6)26-28(2)3/h28-29H,9-27H2,1-8H3. The van der Waals surface area contributed by atoms with E-state index < -0.39 is 17.4 Å². The topological polar surface area (TPSA) is 77.4 Å². The molecule has 0 atom stereocenters. The molecule has 0 aromatic heterocycles. The third kappa shape index (κ3) is 16.0. The van der Waals surface area contributed by atoms with Gasteiger partial charge in [0.15, 0.2) is 0 Å². The van der Waals surface area contributed by atoms with Crippen LogP contribution < -0.4 is 0 Å². The molecule has 0 unspecified atom stereocenters. The van der Waals surface area contributed by atoms with Crippen molar-refractivity contribution in [3.63, 3.8) is 0 Å². The van der Waals surface area contributed by atoms with E-state index in [1.54, 1.807) is 0 Å². The third-order valence-corrected chi connectivity index (χ3v) is 13.7. The smallest absolute Gasteiger partial charge is 0.393 e. The van der Waals surface area contributed by atoms with Crippen LogP contribution in [0.2, 0.25) is 18.6 Å². The Bertz CT molecular complexity index is 779. The Balaban J connectivity index is 1.70. The molecule has 0 aromatic carbocycles. The Hall–Kier alpha value is -0.506. The van der Waals surface area contributed by atoms with Crippen molar-refractivity contribution in [2.75, 3.05) is 85.4 Å². The Morgan fingerprint density at radius 3 is 1.57 bits per heavy atom. The first-order valence-corrected chi connectivity index (χ1v) is 21.1. The van der Waals surface area contributed by atoms with E-state index >= 15 is 0 Å². The molecule has 2 heterocycles. The predicted octanol–water partition coefficient (Wildman–Crippen LogP) is 5.53. The SMILES string of the molecule is CCO[Si]1(CCCN=C(C)CC(C)C)OCCN(CCN2CCO[Si](C)(CCCN=C(C)CC(C)C)OCC2)CCO1. The lowest BCUT2D eigenvalue weighted by atomic mass is 10.1. The molecule has 2 aliphatic heterocycles. The summed E-state index contributed by atoms with van der Waals surface area (Å²) in [7, 11) is -4.77. The van der Waals surface area contributed by atoms with Crippen LogP contribution in [0.15, 0.2) is 9.98 Å². The summed E-state index contributed by atoms with van der Waals surface area (Å²) in [5, 5.41) is 0. The molecule has 0 saturated carbocycles. The predicted molar refractivity (Wildman–Crippen MR) is 179 cm³/mol. The highest BCUT2D eigenvalue weighted by atomic mass is 28.4. The fourth-order valence-electron chi connectivity index (χ4n) is 5.69. The highest BCUT2D eigenvalue weighted by Gasteiger charge is 2.41. The van der Waals surface area contributed by atoms with E-state index in [2.05, 4.69) is 57.9 Å². The summed E-state index contributed by atoms with van der Waals surface area (Å²) in [4.78, 5) is 14.4. The van der Waals surface area contributed by atoms with Crippen LogP contribution in [0.1, 0.15) is 74.1 Å². The lowest BCUT2D eigenvalue weighted by Crippen LogP contribution is -2.52. The largest absolute Gasteiger partial charge is 0.501 e. The van der Waals surface area contributed by atoms with E-state index in [4.69, 9.17) is 32.1 Å². The van der Waals surface area contributed by atoms with Gasteiger partial charge in [-0.1, -0.05) is 27.7 Å². The molecule has 2 rings (SSSR count). The first-order chi connectivity index (χ1) is 20.0. The molecule has 0 spiro atoms. The Morgan fingerprint density at radius 2 is 1.14 bits per heavy atom. The van der Waals surface area contributed by atoms with Gasteiger partial charge in [-0.2, -0.15) is 0 Å². The highest BCUT2D eigenvalue weighted by Crippen LogP contribution is 2.21. The van der Waals surface area contributed by atoms with Crippen molar-refractivity contribution in [2.45, 2.75) is 92.8 Å². The fraction of sp³-hybridized carbons (Fsp3) is 0.935. The summed E-state index contributed by atoms with van der Waals surface area (Å²) in [6.07, 6.45) is 4.13. The van der Waals surface area contributed by atoms with Gasteiger partial charge in [-0.05, 0) is 70.9 Å². The molecule has 0 amide bonds. The molecule has 9 nitrogen and oxygen atoms in total. The van der Waals surface area contributed by atoms with Gasteiger partial charge in [0.05, 0.1) is 13.2 Å². The van der Waals surface area contributed by atoms with E-state index in [0.717, 1.165) is 103 Å². The average molecular weight is 629 g/mol. The summed E-state index contributed by atoms with van der Waals surface area (Å²) in [6.45, 7) is 28.3. The van der Waals surface area contributed by atoms with Crippen molar-refractivity contribution >= 4 is 28.8 Å². The van der Waals surface area contributed by atoms with Crippen LogP contribution in [0.5, 0.6) is 0 Å². The minimum absolute atomic E-state index is 0.624. The minimum atomic E-state index is -2.65. The zero-order valence-electron chi connectivity index (χ0n) is 28.4. The first-order valence-electron chi connectivity index (χ1n) is 16.7. The maximum absolute atomic E-state index is 6.38. The van der Waals surface area contributed by atoms with Crippen molar-refractivity contribution in [3.8, 4) is 0 Å². The second-order valence-corrected chi connectivity index (χ2v) is 19.0. The van der Waals surface area contributed by atoms with Crippen LogP contribution in [-0.4, -0.2) is 124 Å². The molecule has 0 aromatic rings. The number of hydrogen-bond acceptors (Lipinski definition) is 9. The lowest BCUT2D eigenvalue weighted by Gasteiger charge is -2.36. The molecule has 246 valence electrons. The molecule has 11 heteroatoms. The highest BCUT2D eigenvalue weighted by molar-refractivity contribution is 6.66. The van der Waals surface area contributed by atoms with E-state index in [9.17, 15) is 0 Å². The lowest BCUT2D eigenvalue weighted by molar-refractivity contribution is 0.0227. The summed E-state index contributed by atoms with van der Waals surface area (Å²) in [5.74, 6) is 1.31. The maximum Gasteiger partial charge on any atom is 0.501 e. The third-order valence-electron chi connectivity index (χ3n) is 7.79. The maximum atomic E-state index is 6.38. The summed E-state index contributed by atoms with van der Waals surface area (Å²) in [6, 6.07) is 1.84. The van der Waals surface area contributed by atoms with Gasteiger partial charge in [0, 0.05) is 89.6 Å². The van der Waals surface area contributed by atoms with E-state index in [-0.39, 0.29) is 0 Å². The van der Waals surface area contributed by atoms with E-state index in [0.29, 0.717) is 31.7 Å². The van der Waals surface area contributed by atoms with Gasteiger partial charge in [0.1, 0.15) is 0 Å². The van der Waals surface area contributed by atoms with Crippen LogP contribution in [0.25, 0.3) is 0 Å². The van der Waals surface area contributed by atoms with Gasteiger partial charge in [0.2, 0.25) is 0 Å². The quantitative estimate of drug-likeness (QED) is 0.119. The van der Waals surface area contributed by atoms with Crippen molar-refractivity contribution in [1.29, 1.82) is 0 Å². The zero-order chi connectivity index (χ0) is 30.8. The molecule has 0 radical (unpaired) electrons. The number of rotatable bonds is 17. The van der Waals surface area contributed by atoms with E-state index in [1.807, 2.05) is 6.92 Å². The van der Waals surface area contributed by atoms with Crippen molar-refractivity contribution < 1.29 is 22.1 Å². The van der Waals surface area contributed by atoms with Gasteiger partial charge in [-0.15, -0.1) is 0 Å². The van der Waals surface area contributed by atoms with Crippen molar-refractivity contribution in [1.82, 2.24) is 9.80 Å². The van der Waals surface area contributed by atoms with Crippen LogP contribution in [-0.2, 0) is 22.1 Å². The minimum Gasteiger partial charge on any atom is -0.393 e. The monoisotopic (exact) mass is 628 g/mol. The van der Waals surface area contributed by atoms with Gasteiger partial charge >= 0.3 is 17.4 Å². The van der Waals surface area contributed by atoms with E-state index in [1.165, 1.54) is 11.4 Å². The molecule has 2 fully saturated rings. The van der Waals surface area contributed by atoms with Gasteiger partial charge < -0.3 is 22.1 Å². The van der Waals surface area contributed by atoms with Crippen LogP contribution in [0.4, 0.5) is 0 Å². The van der Waals surface area contributed by atoms with Gasteiger partial charge in [0.25, 0.3) is 0 Å². The number of hydrogen-bond donors (Lipinski definition) is 0. The molecule has 2 saturated heterocycles. The van der Waals surface area contributed by atoms with Gasteiger partial charge in [-0.25, -0.2) is 0 Å². The first kappa shape index (κ1) is 37.7. The van der Waals surface area contributed by atoms with Gasteiger partial charge in [-0.3, -0.25) is 19.8 Å². The molecule has 2 aliphatic rings. The van der Waals surface area contributed by atoms with Crippen LogP contribution in [0.3, 0.4) is 0 Å². The second-order valence-electron chi connectivity index (χ2n) is 13.0. The molecule has 0 bridgehead atoms. The normalized spacial score (nSPS) is 21.8. The number of aliphatic imine (C=N–C) groups is 2. The Labute approximate surface area is 260 Å². The molecule has 0 aliphatic carbocycles.